The molecule has 3 rings (SSSR count). The van der Waals surface area contributed by atoms with Crippen LogP contribution < -0.4 is 9.62 Å². The average molecular weight is 385 g/mol. The fraction of sp³-hybridized carbons (Fsp3) is 0.286. The van der Waals surface area contributed by atoms with E-state index in [4.69, 9.17) is 0 Å². The van der Waals surface area contributed by atoms with Gasteiger partial charge in [0, 0.05) is 24.2 Å². The van der Waals surface area contributed by atoms with Crippen LogP contribution >= 0.6 is 0 Å². The molecule has 0 aromatic heterocycles. The van der Waals surface area contributed by atoms with Crippen molar-refractivity contribution in [3.8, 4) is 0 Å². The number of carbonyl (C=O) groups is 1. The van der Waals surface area contributed by atoms with E-state index in [0.717, 1.165) is 18.4 Å². The van der Waals surface area contributed by atoms with E-state index in [0.29, 0.717) is 16.8 Å². The van der Waals surface area contributed by atoms with Crippen molar-refractivity contribution in [1.29, 1.82) is 0 Å². The van der Waals surface area contributed by atoms with E-state index in [-0.39, 0.29) is 10.9 Å². The fourth-order valence-corrected chi connectivity index (χ4v) is 4.86. The van der Waals surface area contributed by atoms with Crippen LogP contribution in [0.25, 0.3) is 5.57 Å². The van der Waals surface area contributed by atoms with Crippen molar-refractivity contribution < 1.29 is 13.2 Å². The Balaban J connectivity index is 2.27. The number of carbonyl (C=O) groups excluding carboxylic acids is 1. The third-order valence-corrected chi connectivity index (χ3v) is 6.55. The molecule has 2 aromatic rings. The van der Waals surface area contributed by atoms with E-state index in [1.54, 1.807) is 12.1 Å². The topological polar surface area (TPSA) is 66.5 Å². The minimum absolute atomic E-state index is 0.107. The van der Waals surface area contributed by atoms with Crippen molar-refractivity contribution in [2.24, 2.45) is 0 Å². The van der Waals surface area contributed by atoms with Crippen molar-refractivity contribution >= 4 is 27.2 Å². The van der Waals surface area contributed by atoms with Crippen LogP contribution in [0.4, 0.5) is 5.69 Å². The molecular formula is C21H24N2O3S. The first-order valence-electron chi connectivity index (χ1n) is 9.06. The van der Waals surface area contributed by atoms with E-state index in [9.17, 15) is 13.2 Å². The van der Waals surface area contributed by atoms with Crippen molar-refractivity contribution in [1.82, 2.24) is 5.32 Å². The highest BCUT2D eigenvalue weighted by Crippen LogP contribution is 2.41. The van der Waals surface area contributed by atoms with Crippen LogP contribution in [0.5, 0.6) is 0 Å². The molecule has 1 amide bonds. The highest BCUT2D eigenvalue weighted by Gasteiger charge is 2.39. The number of anilines is 1. The smallest absolute Gasteiger partial charge is 0.270 e. The van der Waals surface area contributed by atoms with Gasteiger partial charge in [-0.25, -0.2) is 8.42 Å². The molecule has 0 aliphatic carbocycles. The van der Waals surface area contributed by atoms with Crippen LogP contribution in [0.1, 0.15) is 37.8 Å². The molecule has 1 aliphatic rings. The number of nitrogens with one attached hydrogen (secondary N) is 1. The lowest BCUT2D eigenvalue weighted by atomic mass is 9.95. The van der Waals surface area contributed by atoms with Crippen LogP contribution in [0.3, 0.4) is 0 Å². The van der Waals surface area contributed by atoms with Crippen LogP contribution in [0, 0.1) is 0 Å². The summed E-state index contributed by atoms with van der Waals surface area (Å²) in [6, 6.07) is 16.3. The molecule has 2 aromatic carbocycles. The molecule has 0 saturated carbocycles. The third kappa shape index (κ3) is 3.49. The molecule has 0 spiro atoms. The molecule has 1 atom stereocenters. The van der Waals surface area contributed by atoms with E-state index in [1.165, 1.54) is 11.4 Å². The molecule has 0 fully saturated rings. The molecular weight excluding hydrogens is 360 g/mol. The second-order valence-corrected chi connectivity index (χ2v) is 8.63. The second-order valence-electron chi connectivity index (χ2n) is 6.72. The van der Waals surface area contributed by atoms with E-state index in [2.05, 4.69) is 5.32 Å². The molecule has 1 heterocycles. The van der Waals surface area contributed by atoms with Gasteiger partial charge in [0.25, 0.3) is 15.9 Å². The van der Waals surface area contributed by atoms with Crippen LogP contribution in [-0.2, 0) is 14.8 Å². The summed E-state index contributed by atoms with van der Waals surface area (Å²) in [5.74, 6) is -0.559. The van der Waals surface area contributed by atoms with E-state index < -0.39 is 15.9 Å². The number of hydrogen-bond acceptors (Lipinski definition) is 3. The van der Waals surface area contributed by atoms with Crippen LogP contribution in [0.15, 0.2) is 59.5 Å². The van der Waals surface area contributed by atoms with Crippen LogP contribution in [-0.4, -0.2) is 27.4 Å². The van der Waals surface area contributed by atoms with Gasteiger partial charge in [-0.05, 0) is 25.0 Å². The van der Waals surface area contributed by atoms with Gasteiger partial charge in [0.1, 0.15) is 0 Å². The summed E-state index contributed by atoms with van der Waals surface area (Å²) in [6.45, 7) is 3.91. The number of amides is 1. The highest BCUT2D eigenvalue weighted by atomic mass is 32.2. The lowest BCUT2D eigenvalue weighted by molar-refractivity contribution is -0.117. The van der Waals surface area contributed by atoms with Gasteiger partial charge in [0.2, 0.25) is 0 Å². The Morgan fingerprint density at radius 2 is 1.70 bits per heavy atom. The van der Waals surface area contributed by atoms with Gasteiger partial charge in [0.05, 0.1) is 5.69 Å². The largest absolute Gasteiger partial charge is 0.349 e. The first-order chi connectivity index (χ1) is 12.9. The van der Waals surface area contributed by atoms with Gasteiger partial charge in [-0.1, -0.05) is 61.9 Å². The summed E-state index contributed by atoms with van der Waals surface area (Å²) >= 11 is 0. The number of rotatable bonds is 5. The molecule has 1 N–H and O–H groups in total. The summed E-state index contributed by atoms with van der Waals surface area (Å²) < 4.78 is 27.7. The lowest BCUT2D eigenvalue weighted by Gasteiger charge is -2.31. The Labute approximate surface area is 160 Å². The monoisotopic (exact) mass is 384 g/mol. The zero-order valence-electron chi connectivity index (χ0n) is 15.8. The summed E-state index contributed by atoms with van der Waals surface area (Å²) in [7, 11) is -2.49. The minimum Gasteiger partial charge on any atom is -0.349 e. The normalized spacial score (nSPS) is 16.6. The van der Waals surface area contributed by atoms with Gasteiger partial charge in [-0.15, -0.1) is 0 Å². The molecule has 0 radical (unpaired) electrons. The first kappa shape index (κ1) is 19.2. The predicted molar refractivity (Wildman–Crippen MR) is 109 cm³/mol. The quantitative estimate of drug-likeness (QED) is 0.858. The second kappa shape index (κ2) is 7.56. The Morgan fingerprint density at radius 3 is 2.37 bits per heavy atom. The summed E-state index contributed by atoms with van der Waals surface area (Å²) in [6.07, 6.45) is 1.69. The maximum Gasteiger partial charge on any atom is 0.270 e. The van der Waals surface area contributed by atoms with Gasteiger partial charge < -0.3 is 5.32 Å². The number of sulfonamides is 1. The minimum atomic E-state index is -3.97. The van der Waals surface area contributed by atoms with E-state index >= 15 is 0 Å². The fourth-order valence-electron chi connectivity index (χ4n) is 3.39. The predicted octanol–water partition coefficient (Wildman–Crippen LogP) is 3.53. The molecule has 0 saturated heterocycles. The van der Waals surface area contributed by atoms with Gasteiger partial charge >= 0.3 is 0 Å². The van der Waals surface area contributed by atoms with Crippen molar-refractivity contribution in [2.45, 2.75) is 32.7 Å². The molecule has 6 heteroatoms. The number of nitrogens with zero attached hydrogens (tertiary/aromatic N) is 1. The molecule has 1 aliphatic heterocycles. The summed E-state index contributed by atoms with van der Waals surface area (Å²) in [5.41, 5.74) is 2.45. The zero-order valence-corrected chi connectivity index (χ0v) is 16.6. The van der Waals surface area contributed by atoms with Crippen molar-refractivity contribution in [3.63, 3.8) is 0 Å². The number of fused-ring (bicyclic) bond motifs is 1. The Kier molecular flexibility index (Phi) is 5.37. The molecule has 5 nitrogen and oxygen atoms in total. The Bertz CT molecular complexity index is 981. The van der Waals surface area contributed by atoms with Crippen LogP contribution in [0.2, 0.25) is 0 Å². The number of hydrogen-bond donors (Lipinski definition) is 1. The molecule has 0 bridgehead atoms. The first-order valence-corrected chi connectivity index (χ1v) is 10.5. The van der Waals surface area contributed by atoms with E-state index in [1.807, 2.05) is 56.3 Å². The van der Waals surface area contributed by atoms with Gasteiger partial charge in [0.15, 0.2) is 4.91 Å². The Morgan fingerprint density at radius 1 is 1.07 bits per heavy atom. The number of para-hydroxylation sites is 1. The van der Waals surface area contributed by atoms with Gasteiger partial charge in [-0.2, -0.15) is 0 Å². The van der Waals surface area contributed by atoms with Crippen molar-refractivity contribution in [3.05, 3.63) is 70.6 Å². The van der Waals surface area contributed by atoms with Gasteiger partial charge in [-0.3, -0.25) is 9.10 Å². The SMILES string of the molecule is CCC[C@@H](C)NC(=O)C1=C(c2ccccc2)c2ccccc2N(C)S1(=O)=O. The highest BCUT2D eigenvalue weighted by molar-refractivity contribution is 7.97. The maximum atomic E-state index is 13.2. The Hall–Kier alpha value is -2.60. The number of benzene rings is 2. The maximum absolute atomic E-state index is 13.2. The molecule has 142 valence electrons. The average Bonchev–Trinajstić information content (AvgIpc) is 2.65. The third-order valence-electron chi connectivity index (χ3n) is 4.73. The summed E-state index contributed by atoms with van der Waals surface area (Å²) in [5, 5.41) is 2.85. The standard InChI is InChI=1S/C21H24N2O3S/c1-4-10-15(2)22-21(24)20-19(16-11-6-5-7-12-16)17-13-8-9-14-18(17)23(3)27(20,25)26/h5-9,11-15H,4,10H2,1-3H3,(H,22,24)/t15-/m1/s1. The molecule has 0 unspecified atom stereocenters. The zero-order chi connectivity index (χ0) is 19.6. The lowest BCUT2D eigenvalue weighted by Crippen LogP contribution is -2.42. The summed E-state index contributed by atoms with van der Waals surface area (Å²) in [4.78, 5) is 12.9. The van der Waals surface area contributed by atoms with Crippen molar-refractivity contribution in [2.75, 3.05) is 11.4 Å². The molecule has 27 heavy (non-hydrogen) atoms.